The lowest BCUT2D eigenvalue weighted by molar-refractivity contribution is -0.585. The van der Waals surface area contributed by atoms with E-state index >= 15 is 0 Å². The molecule has 13 nitrogen and oxygen atoms in total. The number of aromatic hydroxyl groups is 1. The number of para-hydroxylation sites is 1. The Hall–Kier alpha value is -4.98. The molecule has 0 saturated carbocycles. The third-order valence-electron chi connectivity index (χ3n) is 6.38. The minimum Gasteiger partial charge on any atom is -0.476 e. The van der Waals surface area contributed by atoms with E-state index in [1.54, 1.807) is 28.6 Å². The van der Waals surface area contributed by atoms with Gasteiger partial charge in [-0.1, -0.05) is 48.5 Å². The summed E-state index contributed by atoms with van der Waals surface area (Å²) in [5.74, 6) is -3.97. The van der Waals surface area contributed by atoms with Crippen molar-refractivity contribution in [3.8, 4) is 22.0 Å². The first kappa shape index (κ1) is 35.5. The normalized spacial score (nSPS) is 13.3. The molecule has 1 heterocycles. The summed E-state index contributed by atoms with van der Waals surface area (Å²) >= 11 is 1.25. The highest BCUT2D eigenvalue weighted by Gasteiger charge is 2.46. The van der Waals surface area contributed by atoms with Gasteiger partial charge < -0.3 is 28.8 Å². The summed E-state index contributed by atoms with van der Waals surface area (Å²) in [6.07, 6.45) is -5.89. The number of likely N-dealkylation sites (N-methyl/N-ethyl adjacent to an activating group) is 1. The Morgan fingerprint density at radius 1 is 0.717 bits per heavy atom. The van der Waals surface area contributed by atoms with Crippen molar-refractivity contribution in [2.24, 2.45) is 0 Å². The zero-order valence-electron chi connectivity index (χ0n) is 26.3. The van der Waals surface area contributed by atoms with E-state index in [1.165, 1.54) is 11.3 Å². The van der Waals surface area contributed by atoms with Crippen LogP contribution in [-0.4, -0.2) is 79.6 Å². The van der Waals surface area contributed by atoms with Crippen LogP contribution >= 0.6 is 11.3 Å². The number of aromatic nitrogens is 1. The largest absolute Gasteiger partial charge is 0.476 e. The van der Waals surface area contributed by atoms with Crippen molar-refractivity contribution in [3.63, 3.8) is 0 Å². The lowest BCUT2D eigenvalue weighted by atomic mass is 10.0. The van der Waals surface area contributed by atoms with Crippen molar-refractivity contribution in [3.05, 3.63) is 60.7 Å². The average Bonchev–Trinajstić information content (AvgIpc) is 3.34. The lowest BCUT2D eigenvalue weighted by Crippen LogP contribution is -2.56. The lowest BCUT2D eigenvalue weighted by Gasteiger charge is -2.35. The molecule has 3 rings (SSSR count). The maximum absolute atomic E-state index is 12.4. The molecule has 0 bridgehead atoms. The molecule has 4 atom stereocenters. The summed E-state index contributed by atoms with van der Waals surface area (Å²) in [5.41, 5.74) is 1.39. The zero-order chi connectivity index (χ0) is 34.0. The van der Waals surface area contributed by atoms with E-state index in [1.807, 2.05) is 48.5 Å². The van der Waals surface area contributed by atoms with E-state index in [4.69, 9.17) is 23.7 Å². The number of nitrogens with zero attached hydrogens (tertiary/aromatic N) is 2. The zero-order valence-corrected chi connectivity index (χ0v) is 27.1. The molecule has 3 aromatic rings. The van der Waals surface area contributed by atoms with Crippen LogP contribution < -0.4 is 9.47 Å². The highest BCUT2D eigenvalue weighted by Crippen LogP contribution is 2.38. The van der Waals surface area contributed by atoms with Gasteiger partial charge in [0.25, 0.3) is 0 Å². The molecule has 0 unspecified atom stereocenters. The molecule has 0 aliphatic rings. The molecule has 0 aliphatic heterocycles. The predicted molar refractivity (Wildman–Crippen MR) is 165 cm³/mol. The fourth-order valence-corrected chi connectivity index (χ4v) is 5.81. The van der Waals surface area contributed by atoms with Gasteiger partial charge in [-0.3, -0.25) is 28.9 Å². The van der Waals surface area contributed by atoms with Gasteiger partial charge in [-0.25, -0.2) is 0 Å². The van der Waals surface area contributed by atoms with Crippen LogP contribution in [0.3, 0.4) is 0 Å². The monoisotopic (exact) mass is 657 g/mol. The Morgan fingerprint density at radius 2 is 1.20 bits per heavy atom. The van der Waals surface area contributed by atoms with Crippen molar-refractivity contribution >= 4 is 46.3 Å². The smallest absolute Gasteiger partial charge is 0.344 e. The molecule has 0 amide bonds. The van der Waals surface area contributed by atoms with Crippen LogP contribution in [0.5, 0.6) is 5.88 Å². The van der Waals surface area contributed by atoms with Gasteiger partial charge in [0.1, 0.15) is 23.7 Å². The van der Waals surface area contributed by atoms with Gasteiger partial charge in [0.15, 0.2) is 24.4 Å². The Bertz CT molecular complexity index is 1530. The molecule has 0 aliphatic carbocycles. The summed E-state index contributed by atoms with van der Waals surface area (Å²) in [7, 11) is 1.67. The SMILES string of the molecule is CC(=O)OC[C@@H](OC(C)=O)[C@@H](OC(C)=O)[C@H](OC(C)=O)[C@H](CN(C)c1sc(-c2ccccc2)c(O)[n+]1-c1ccccc1)OC(C)=O. The fraction of sp³-hybridized carbons (Fsp3) is 0.375. The van der Waals surface area contributed by atoms with Crippen LogP contribution in [0.1, 0.15) is 34.6 Å². The van der Waals surface area contributed by atoms with Gasteiger partial charge in [-0.05, 0) is 29.0 Å². The number of hydrogen-bond donors (Lipinski definition) is 1. The average molecular weight is 658 g/mol. The second-order valence-corrected chi connectivity index (χ2v) is 11.2. The number of benzene rings is 2. The number of rotatable bonds is 14. The number of anilines is 1. The molecule has 46 heavy (non-hydrogen) atoms. The van der Waals surface area contributed by atoms with Crippen LogP contribution in [-0.2, 0) is 47.7 Å². The Kier molecular flexibility index (Phi) is 12.6. The Labute approximate surface area is 270 Å². The summed E-state index contributed by atoms with van der Waals surface area (Å²) in [5, 5.41) is 12.0. The number of thiazole rings is 1. The number of hydrogen-bond acceptors (Lipinski definition) is 13. The third kappa shape index (κ3) is 9.76. The van der Waals surface area contributed by atoms with E-state index in [9.17, 15) is 29.1 Å². The van der Waals surface area contributed by atoms with E-state index in [-0.39, 0.29) is 12.4 Å². The van der Waals surface area contributed by atoms with E-state index in [0.29, 0.717) is 15.7 Å². The molecule has 0 spiro atoms. The fourth-order valence-electron chi connectivity index (χ4n) is 4.68. The summed E-state index contributed by atoms with van der Waals surface area (Å²) < 4.78 is 28.8. The van der Waals surface area contributed by atoms with Crippen LogP contribution in [0.4, 0.5) is 5.13 Å². The molecule has 0 fully saturated rings. The number of carbonyl (C=O) groups excluding carboxylic acids is 5. The van der Waals surface area contributed by atoms with Gasteiger partial charge in [0.2, 0.25) is 0 Å². The molecule has 246 valence electrons. The highest BCUT2D eigenvalue weighted by molar-refractivity contribution is 7.18. The van der Waals surface area contributed by atoms with Crippen LogP contribution in [0.25, 0.3) is 16.1 Å². The van der Waals surface area contributed by atoms with Crippen LogP contribution in [0.2, 0.25) is 0 Å². The topological polar surface area (TPSA) is 159 Å². The third-order valence-corrected chi connectivity index (χ3v) is 7.68. The van der Waals surface area contributed by atoms with Crippen molar-refractivity contribution in [2.75, 3.05) is 25.1 Å². The standard InChI is InChI=1S/C32H36N2O11S/c1-19(35)41-18-27(43-21(3)37)29(45-23(5)39)28(44-22(4)38)26(42-20(2)36)17-33(6)32-34(25-15-11-8-12-16-25)31(40)30(46-32)24-13-9-7-10-14-24/h7-16,26-29H,17-18H2,1-6H3/p+1/t26-,27+,28+,29+/m0/s1. The van der Waals surface area contributed by atoms with E-state index in [2.05, 4.69) is 0 Å². The minimum atomic E-state index is -1.57. The van der Waals surface area contributed by atoms with Gasteiger partial charge in [-0.2, -0.15) is 4.57 Å². The maximum Gasteiger partial charge on any atom is 0.344 e. The van der Waals surface area contributed by atoms with E-state index < -0.39 is 60.9 Å². The van der Waals surface area contributed by atoms with Gasteiger partial charge in [-0.15, -0.1) is 0 Å². The predicted octanol–water partition coefficient (Wildman–Crippen LogP) is 3.12. The molecular weight excluding hydrogens is 620 g/mol. The van der Waals surface area contributed by atoms with Crippen molar-refractivity contribution in [1.82, 2.24) is 0 Å². The first-order valence-electron chi connectivity index (χ1n) is 14.2. The first-order valence-corrected chi connectivity index (χ1v) is 15.0. The molecule has 1 aromatic heterocycles. The van der Waals surface area contributed by atoms with Crippen molar-refractivity contribution in [1.29, 1.82) is 0 Å². The van der Waals surface area contributed by atoms with Crippen molar-refractivity contribution < 1.29 is 57.3 Å². The second kappa shape index (κ2) is 16.4. The van der Waals surface area contributed by atoms with Gasteiger partial charge in [0, 0.05) is 34.6 Å². The second-order valence-electron chi connectivity index (χ2n) is 10.2. The molecular formula is C32H37N2O11S+. The number of carbonyl (C=O) groups is 5. The summed E-state index contributed by atoms with van der Waals surface area (Å²) in [6, 6.07) is 18.3. The maximum atomic E-state index is 12.4. The minimum absolute atomic E-state index is 0.0427. The molecule has 14 heteroatoms. The highest BCUT2D eigenvalue weighted by atomic mass is 32.1. The van der Waals surface area contributed by atoms with Crippen LogP contribution in [0.15, 0.2) is 60.7 Å². The van der Waals surface area contributed by atoms with Crippen molar-refractivity contribution in [2.45, 2.75) is 59.0 Å². The van der Waals surface area contributed by atoms with Gasteiger partial charge in [0.05, 0.1) is 7.05 Å². The van der Waals surface area contributed by atoms with Crippen LogP contribution in [0, 0.1) is 0 Å². The summed E-state index contributed by atoms with van der Waals surface area (Å²) in [4.78, 5) is 63.0. The quantitative estimate of drug-likeness (QED) is 0.154. The Balaban J connectivity index is 2.15. The van der Waals surface area contributed by atoms with Gasteiger partial charge >= 0.3 is 40.9 Å². The summed E-state index contributed by atoms with van der Waals surface area (Å²) in [6.45, 7) is 4.84. The van der Waals surface area contributed by atoms with E-state index in [0.717, 1.165) is 40.2 Å². The first-order chi connectivity index (χ1) is 21.8. The molecule has 2 aromatic carbocycles. The molecule has 0 radical (unpaired) electrons. The number of ether oxygens (including phenoxy) is 5. The number of esters is 5. The molecule has 0 saturated heterocycles. The molecule has 1 N–H and O–H groups in total. The Morgan fingerprint density at radius 3 is 1.70 bits per heavy atom.